The zero-order chi connectivity index (χ0) is 15.6. The summed E-state index contributed by atoms with van der Waals surface area (Å²) in [6.45, 7) is 8.02. The second-order valence-electron chi connectivity index (χ2n) is 5.82. The van der Waals surface area contributed by atoms with Crippen LogP contribution in [0.15, 0.2) is 24.3 Å². The van der Waals surface area contributed by atoms with E-state index in [1.165, 1.54) is 0 Å². The second kappa shape index (κ2) is 5.87. The Kier molecular flexibility index (Phi) is 4.34. The molecule has 2 rings (SSSR count). The summed E-state index contributed by atoms with van der Waals surface area (Å²) in [6.07, 6.45) is 0. The molecule has 0 atom stereocenters. The van der Waals surface area contributed by atoms with Crippen molar-refractivity contribution in [1.82, 2.24) is 9.97 Å². The number of ether oxygens (including phenoxy) is 1. The SMILES string of the molecule is Cc1ccc(Cl)cc1Oc1cc(NN)nc(C(C)(C)C)n1. The lowest BCUT2D eigenvalue weighted by atomic mass is 9.96. The Morgan fingerprint density at radius 3 is 2.52 bits per heavy atom. The topological polar surface area (TPSA) is 73.1 Å². The molecule has 21 heavy (non-hydrogen) atoms. The zero-order valence-electron chi connectivity index (χ0n) is 12.6. The van der Waals surface area contributed by atoms with Crippen molar-refractivity contribution in [2.24, 2.45) is 5.84 Å². The molecule has 0 unspecified atom stereocenters. The van der Waals surface area contributed by atoms with Gasteiger partial charge in [-0.2, -0.15) is 4.98 Å². The number of anilines is 1. The van der Waals surface area contributed by atoms with E-state index in [0.717, 1.165) is 5.56 Å². The molecule has 1 aromatic heterocycles. The van der Waals surface area contributed by atoms with Crippen molar-refractivity contribution in [1.29, 1.82) is 0 Å². The molecule has 0 spiro atoms. The molecule has 0 aliphatic carbocycles. The van der Waals surface area contributed by atoms with Crippen LogP contribution in [0.3, 0.4) is 0 Å². The molecule has 1 heterocycles. The van der Waals surface area contributed by atoms with Gasteiger partial charge in [0.15, 0.2) is 0 Å². The summed E-state index contributed by atoms with van der Waals surface area (Å²) in [7, 11) is 0. The summed E-state index contributed by atoms with van der Waals surface area (Å²) in [4.78, 5) is 8.80. The van der Waals surface area contributed by atoms with Crippen LogP contribution in [-0.2, 0) is 5.41 Å². The maximum absolute atomic E-state index is 6.00. The number of hydrogen-bond donors (Lipinski definition) is 2. The molecule has 0 aliphatic rings. The zero-order valence-corrected chi connectivity index (χ0v) is 13.3. The van der Waals surface area contributed by atoms with Crippen LogP contribution in [0.1, 0.15) is 32.2 Å². The van der Waals surface area contributed by atoms with E-state index < -0.39 is 0 Å². The molecule has 0 saturated carbocycles. The normalized spacial score (nSPS) is 11.3. The average Bonchev–Trinajstić information content (AvgIpc) is 2.41. The van der Waals surface area contributed by atoms with Gasteiger partial charge in [0.25, 0.3) is 0 Å². The van der Waals surface area contributed by atoms with Gasteiger partial charge in [0.05, 0.1) is 0 Å². The quantitative estimate of drug-likeness (QED) is 0.666. The van der Waals surface area contributed by atoms with Gasteiger partial charge in [0.2, 0.25) is 5.88 Å². The second-order valence-corrected chi connectivity index (χ2v) is 6.26. The number of nitrogens with zero attached hydrogens (tertiary/aromatic N) is 2. The third kappa shape index (κ3) is 3.83. The Balaban J connectivity index is 2.42. The number of rotatable bonds is 3. The van der Waals surface area contributed by atoms with Crippen molar-refractivity contribution < 1.29 is 4.74 Å². The van der Waals surface area contributed by atoms with Gasteiger partial charge < -0.3 is 10.2 Å². The molecule has 1 aromatic carbocycles. The number of benzene rings is 1. The van der Waals surface area contributed by atoms with Crippen molar-refractivity contribution in [3.05, 3.63) is 40.7 Å². The van der Waals surface area contributed by atoms with Gasteiger partial charge in [-0.25, -0.2) is 10.8 Å². The standard InChI is InChI=1S/C15H19ClN4O/c1-9-5-6-10(16)7-11(9)21-13-8-12(20-17)18-14(19-13)15(2,3)4/h5-8H,17H2,1-4H3,(H,18,19,20). The Bertz CT molecular complexity index is 653. The fourth-order valence-corrected chi connectivity index (χ4v) is 1.85. The van der Waals surface area contributed by atoms with Crippen LogP contribution in [0.4, 0.5) is 5.82 Å². The molecule has 6 heteroatoms. The lowest BCUT2D eigenvalue weighted by Gasteiger charge is -2.18. The van der Waals surface area contributed by atoms with E-state index >= 15 is 0 Å². The number of aryl methyl sites for hydroxylation is 1. The number of halogens is 1. The Morgan fingerprint density at radius 2 is 1.90 bits per heavy atom. The minimum Gasteiger partial charge on any atom is -0.439 e. The third-order valence-corrected chi connectivity index (χ3v) is 3.12. The first-order chi connectivity index (χ1) is 9.79. The largest absolute Gasteiger partial charge is 0.439 e. The number of aromatic nitrogens is 2. The summed E-state index contributed by atoms with van der Waals surface area (Å²) >= 11 is 6.00. The van der Waals surface area contributed by atoms with E-state index in [9.17, 15) is 0 Å². The smallest absolute Gasteiger partial charge is 0.224 e. The van der Waals surface area contributed by atoms with Crippen molar-refractivity contribution in [3.8, 4) is 11.6 Å². The Hall–Kier alpha value is -1.85. The number of nitrogens with one attached hydrogen (secondary N) is 1. The van der Waals surface area contributed by atoms with E-state index in [0.29, 0.717) is 28.3 Å². The minimum absolute atomic E-state index is 0.214. The lowest BCUT2D eigenvalue weighted by Crippen LogP contribution is -2.19. The molecule has 0 amide bonds. The van der Waals surface area contributed by atoms with Crippen LogP contribution in [-0.4, -0.2) is 9.97 Å². The van der Waals surface area contributed by atoms with Crippen LogP contribution < -0.4 is 16.0 Å². The highest BCUT2D eigenvalue weighted by Gasteiger charge is 2.20. The van der Waals surface area contributed by atoms with E-state index in [4.69, 9.17) is 22.2 Å². The first-order valence-corrected chi connectivity index (χ1v) is 6.97. The maximum Gasteiger partial charge on any atom is 0.224 e. The highest BCUT2D eigenvalue weighted by Crippen LogP contribution is 2.29. The third-order valence-electron chi connectivity index (χ3n) is 2.89. The van der Waals surface area contributed by atoms with Crippen LogP contribution in [0.2, 0.25) is 5.02 Å². The van der Waals surface area contributed by atoms with Gasteiger partial charge in [-0.1, -0.05) is 38.4 Å². The molecule has 0 saturated heterocycles. The van der Waals surface area contributed by atoms with Gasteiger partial charge in [-0.05, 0) is 24.6 Å². The monoisotopic (exact) mass is 306 g/mol. The summed E-state index contributed by atoms with van der Waals surface area (Å²) in [5.74, 6) is 7.69. The van der Waals surface area contributed by atoms with E-state index in [-0.39, 0.29) is 5.41 Å². The van der Waals surface area contributed by atoms with Crippen molar-refractivity contribution in [3.63, 3.8) is 0 Å². The van der Waals surface area contributed by atoms with E-state index in [1.54, 1.807) is 12.1 Å². The van der Waals surface area contributed by atoms with Gasteiger partial charge in [-0.3, -0.25) is 0 Å². The summed E-state index contributed by atoms with van der Waals surface area (Å²) in [5, 5.41) is 0.609. The molecule has 3 N–H and O–H groups in total. The Labute approximate surface area is 129 Å². The molecule has 5 nitrogen and oxygen atoms in total. The van der Waals surface area contributed by atoms with Crippen LogP contribution in [0.5, 0.6) is 11.6 Å². The molecule has 0 aliphatic heterocycles. The molecule has 0 bridgehead atoms. The highest BCUT2D eigenvalue weighted by atomic mass is 35.5. The van der Waals surface area contributed by atoms with Crippen LogP contribution in [0.25, 0.3) is 0 Å². The van der Waals surface area contributed by atoms with Crippen LogP contribution in [0, 0.1) is 6.92 Å². The van der Waals surface area contributed by atoms with Gasteiger partial charge in [-0.15, -0.1) is 0 Å². The number of nitrogens with two attached hydrogens (primary N) is 1. The maximum atomic E-state index is 6.00. The molecule has 0 fully saturated rings. The molecule has 2 aromatic rings. The predicted molar refractivity (Wildman–Crippen MR) is 84.8 cm³/mol. The van der Waals surface area contributed by atoms with Gasteiger partial charge in [0.1, 0.15) is 17.4 Å². The highest BCUT2D eigenvalue weighted by molar-refractivity contribution is 6.30. The molecule has 0 radical (unpaired) electrons. The number of nitrogen functional groups attached to an aromatic ring is 1. The van der Waals surface area contributed by atoms with Crippen molar-refractivity contribution >= 4 is 17.4 Å². The number of hydrogen-bond acceptors (Lipinski definition) is 5. The fourth-order valence-electron chi connectivity index (χ4n) is 1.68. The summed E-state index contributed by atoms with van der Waals surface area (Å²) in [5.41, 5.74) is 3.29. The van der Waals surface area contributed by atoms with Crippen LogP contribution >= 0.6 is 11.6 Å². The molecular formula is C15H19ClN4O. The van der Waals surface area contributed by atoms with Gasteiger partial charge >= 0.3 is 0 Å². The van der Waals surface area contributed by atoms with Crippen molar-refractivity contribution in [2.75, 3.05) is 5.43 Å². The lowest BCUT2D eigenvalue weighted by molar-refractivity contribution is 0.443. The molecular weight excluding hydrogens is 288 g/mol. The summed E-state index contributed by atoms with van der Waals surface area (Å²) < 4.78 is 5.84. The van der Waals surface area contributed by atoms with E-state index in [1.807, 2.05) is 39.8 Å². The average molecular weight is 307 g/mol. The fraction of sp³-hybridized carbons (Fsp3) is 0.333. The first-order valence-electron chi connectivity index (χ1n) is 6.60. The Morgan fingerprint density at radius 1 is 1.19 bits per heavy atom. The number of hydrazine groups is 1. The first kappa shape index (κ1) is 15.5. The van der Waals surface area contributed by atoms with Gasteiger partial charge in [0, 0.05) is 16.5 Å². The van der Waals surface area contributed by atoms with Crippen molar-refractivity contribution in [2.45, 2.75) is 33.1 Å². The molecule has 112 valence electrons. The minimum atomic E-state index is -0.214. The predicted octanol–water partition coefficient (Wildman–Crippen LogP) is 3.81. The van der Waals surface area contributed by atoms with E-state index in [2.05, 4.69) is 15.4 Å². The summed E-state index contributed by atoms with van der Waals surface area (Å²) in [6, 6.07) is 7.11.